The number of ether oxygens (including phenoxy) is 1. The van der Waals surface area contributed by atoms with Gasteiger partial charge in [0.05, 0.1) is 6.42 Å². The van der Waals surface area contributed by atoms with Crippen molar-refractivity contribution in [3.05, 3.63) is 0 Å². The third-order valence-corrected chi connectivity index (χ3v) is 7.01. The number of rotatable bonds is 8. The second-order valence-electron chi connectivity index (χ2n) is 9.58. The minimum Gasteiger partial charge on any atom is -0.464 e. The lowest BCUT2D eigenvalue weighted by Crippen LogP contribution is -2.55. The Morgan fingerprint density at radius 3 is 2.50 bits per heavy atom. The largest absolute Gasteiger partial charge is 0.464 e. The fourth-order valence-electron chi connectivity index (χ4n) is 5.16. The average molecular weight is 480 g/mol. The third kappa shape index (κ3) is 6.05. The predicted octanol–water partition coefficient (Wildman–Crippen LogP) is -0.626. The van der Waals surface area contributed by atoms with Crippen LogP contribution in [-0.4, -0.2) is 101 Å². The fourth-order valence-corrected chi connectivity index (χ4v) is 5.16. The Bertz CT molecular complexity index is 792. The molecule has 0 spiro atoms. The van der Waals surface area contributed by atoms with Crippen LogP contribution in [-0.2, 0) is 28.7 Å². The molecular weight excluding hydrogens is 442 g/mol. The van der Waals surface area contributed by atoms with Crippen molar-refractivity contribution in [2.45, 2.75) is 89.0 Å². The number of carbonyl (C=O) groups is 5. The minimum atomic E-state index is -0.834. The normalized spacial score (nSPS) is 27.9. The fraction of sp³-hybridized carbons (Fsp3) is 0.783. The molecule has 190 valence electrons. The van der Waals surface area contributed by atoms with E-state index in [1.54, 1.807) is 11.8 Å². The Morgan fingerprint density at radius 1 is 1.09 bits per heavy atom. The van der Waals surface area contributed by atoms with Crippen LogP contribution in [0, 0.1) is 0 Å². The van der Waals surface area contributed by atoms with Crippen LogP contribution in [0.4, 0.5) is 0 Å². The lowest BCUT2D eigenvalue weighted by Gasteiger charge is -2.33. The van der Waals surface area contributed by atoms with Gasteiger partial charge in [0.25, 0.3) is 0 Å². The first-order valence-electron chi connectivity index (χ1n) is 12.3. The number of hydrogen-bond acceptors (Lipinski definition) is 7. The van der Waals surface area contributed by atoms with E-state index in [9.17, 15) is 24.0 Å². The Hall–Kier alpha value is -2.69. The van der Waals surface area contributed by atoms with Crippen molar-refractivity contribution >= 4 is 30.1 Å². The first-order valence-corrected chi connectivity index (χ1v) is 12.3. The molecule has 3 aliphatic heterocycles. The summed E-state index contributed by atoms with van der Waals surface area (Å²) in [5, 5.41) is 2.70. The summed E-state index contributed by atoms with van der Waals surface area (Å²) < 4.78 is 5.34. The minimum absolute atomic E-state index is 0.0262. The number of carbonyl (C=O) groups excluding carboxylic acids is 5. The molecular formula is C23H37N5O6. The highest BCUT2D eigenvalue weighted by Gasteiger charge is 2.38. The zero-order chi connectivity index (χ0) is 24.8. The molecule has 3 N–H and O–H groups in total. The van der Waals surface area contributed by atoms with Crippen molar-refractivity contribution in [1.82, 2.24) is 20.0 Å². The topological polar surface area (TPSA) is 142 Å². The quantitative estimate of drug-likeness (QED) is 0.349. The molecule has 3 saturated heterocycles. The number of piperidine rings is 1. The summed E-state index contributed by atoms with van der Waals surface area (Å²) in [6.45, 7) is 4.90. The summed E-state index contributed by atoms with van der Waals surface area (Å²) in [6, 6.07) is -2.10. The van der Waals surface area contributed by atoms with E-state index in [0.29, 0.717) is 45.3 Å². The summed E-state index contributed by atoms with van der Waals surface area (Å²) in [6.07, 6.45) is 4.88. The van der Waals surface area contributed by atoms with E-state index in [1.807, 2.05) is 6.92 Å². The number of esters is 1. The molecule has 0 aromatic heterocycles. The van der Waals surface area contributed by atoms with Crippen LogP contribution in [0.2, 0.25) is 0 Å². The number of hydrogen-bond donors (Lipinski definition) is 2. The van der Waals surface area contributed by atoms with Gasteiger partial charge >= 0.3 is 5.97 Å². The van der Waals surface area contributed by atoms with Crippen molar-refractivity contribution < 1.29 is 28.7 Å². The SMILES string of the molecule is CC(NC(=O)C1CCCCN1C=O)C(=O)N1CCCC1C(=O)OCCC(=O)N1CC(N)CC1C. The van der Waals surface area contributed by atoms with Gasteiger partial charge in [-0.15, -0.1) is 0 Å². The van der Waals surface area contributed by atoms with Crippen LogP contribution in [0.3, 0.4) is 0 Å². The van der Waals surface area contributed by atoms with Crippen LogP contribution < -0.4 is 11.1 Å². The molecule has 0 bridgehead atoms. The molecule has 0 aromatic carbocycles. The van der Waals surface area contributed by atoms with Crippen LogP contribution in [0.1, 0.15) is 58.8 Å². The summed E-state index contributed by atoms with van der Waals surface area (Å²) in [5.74, 6) is -1.36. The first-order chi connectivity index (χ1) is 16.2. The van der Waals surface area contributed by atoms with Gasteiger partial charge in [0, 0.05) is 31.7 Å². The number of likely N-dealkylation sites (tertiary alicyclic amines) is 3. The van der Waals surface area contributed by atoms with Crippen molar-refractivity contribution in [2.24, 2.45) is 5.73 Å². The first kappa shape index (κ1) is 25.9. The van der Waals surface area contributed by atoms with Crippen molar-refractivity contribution in [3.8, 4) is 0 Å². The Kier molecular flexibility index (Phi) is 8.87. The van der Waals surface area contributed by atoms with Gasteiger partial charge < -0.3 is 30.5 Å². The van der Waals surface area contributed by atoms with Gasteiger partial charge in [0.2, 0.25) is 24.1 Å². The molecule has 11 nitrogen and oxygen atoms in total. The Morgan fingerprint density at radius 2 is 1.82 bits per heavy atom. The van der Waals surface area contributed by atoms with Crippen molar-refractivity contribution in [1.29, 1.82) is 0 Å². The molecule has 0 aliphatic carbocycles. The second-order valence-corrected chi connectivity index (χ2v) is 9.58. The second kappa shape index (κ2) is 11.6. The van der Waals surface area contributed by atoms with Gasteiger partial charge in [-0.1, -0.05) is 0 Å². The molecule has 3 fully saturated rings. The van der Waals surface area contributed by atoms with Crippen molar-refractivity contribution in [3.63, 3.8) is 0 Å². The molecule has 4 amide bonds. The van der Waals surface area contributed by atoms with Gasteiger partial charge in [0.1, 0.15) is 24.7 Å². The maximum Gasteiger partial charge on any atom is 0.328 e. The molecule has 34 heavy (non-hydrogen) atoms. The highest BCUT2D eigenvalue weighted by Crippen LogP contribution is 2.21. The maximum absolute atomic E-state index is 13.0. The molecule has 0 aromatic rings. The van der Waals surface area contributed by atoms with E-state index in [-0.39, 0.29) is 42.8 Å². The van der Waals surface area contributed by atoms with Crippen LogP contribution in [0.15, 0.2) is 0 Å². The highest BCUT2D eigenvalue weighted by molar-refractivity contribution is 5.92. The summed E-state index contributed by atoms with van der Waals surface area (Å²) in [5.41, 5.74) is 5.91. The van der Waals surface area contributed by atoms with Crippen LogP contribution in [0.5, 0.6) is 0 Å². The van der Waals surface area contributed by atoms with E-state index < -0.39 is 24.1 Å². The van der Waals surface area contributed by atoms with Gasteiger partial charge in [-0.05, 0) is 52.4 Å². The zero-order valence-electron chi connectivity index (χ0n) is 20.1. The number of nitrogens with one attached hydrogen (secondary N) is 1. The number of amides is 4. The molecule has 5 unspecified atom stereocenters. The van der Waals surface area contributed by atoms with E-state index in [0.717, 1.165) is 19.3 Å². The molecule has 3 aliphatic rings. The van der Waals surface area contributed by atoms with E-state index in [4.69, 9.17) is 10.5 Å². The lowest BCUT2D eigenvalue weighted by molar-refractivity contribution is -0.155. The smallest absolute Gasteiger partial charge is 0.328 e. The van der Waals surface area contributed by atoms with Gasteiger partial charge in [-0.3, -0.25) is 19.2 Å². The number of nitrogens with zero attached hydrogens (tertiary/aromatic N) is 3. The Balaban J connectivity index is 1.48. The van der Waals surface area contributed by atoms with E-state index >= 15 is 0 Å². The van der Waals surface area contributed by atoms with Gasteiger partial charge in [-0.2, -0.15) is 0 Å². The predicted molar refractivity (Wildman–Crippen MR) is 122 cm³/mol. The van der Waals surface area contributed by atoms with E-state index in [1.165, 1.54) is 9.80 Å². The average Bonchev–Trinajstić information content (AvgIpc) is 3.44. The monoisotopic (exact) mass is 479 g/mol. The molecule has 0 radical (unpaired) electrons. The molecule has 3 heterocycles. The number of nitrogens with two attached hydrogens (primary N) is 1. The molecule has 0 saturated carbocycles. The molecule has 5 atom stereocenters. The zero-order valence-corrected chi connectivity index (χ0v) is 20.1. The van der Waals surface area contributed by atoms with Crippen LogP contribution in [0.25, 0.3) is 0 Å². The summed E-state index contributed by atoms with van der Waals surface area (Å²) >= 11 is 0. The summed E-state index contributed by atoms with van der Waals surface area (Å²) in [4.78, 5) is 66.6. The van der Waals surface area contributed by atoms with Crippen LogP contribution >= 0.6 is 0 Å². The molecule has 11 heteroatoms. The van der Waals surface area contributed by atoms with Gasteiger partial charge in [-0.25, -0.2) is 4.79 Å². The standard InChI is InChI=1S/C23H37N5O6/c1-15-12-17(24)13-28(15)20(30)8-11-34-23(33)19-7-5-10-27(19)22(32)16(2)25-21(31)18-6-3-4-9-26(18)14-29/h14-19H,3-13,24H2,1-2H3,(H,25,31). The van der Waals surface area contributed by atoms with E-state index in [2.05, 4.69) is 5.32 Å². The molecule has 3 rings (SSSR count). The Labute approximate surface area is 200 Å². The third-order valence-electron chi connectivity index (χ3n) is 7.01. The highest BCUT2D eigenvalue weighted by atomic mass is 16.5. The van der Waals surface area contributed by atoms with Gasteiger partial charge in [0.15, 0.2) is 0 Å². The summed E-state index contributed by atoms with van der Waals surface area (Å²) in [7, 11) is 0. The van der Waals surface area contributed by atoms with Crippen molar-refractivity contribution in [2.75, 3.05) is 26.2 Å². The maximum atomic E-state index is 13.0. The lowest BCUT2D eigenvalue weighted by atomic mass is 10.0.